The highest BCUT2D eigenvalue weighted by atomic mass is 32.1. The first kappa shape index (κ1) is 13.8. The number of piperidine rings is 1. The van der Waals surface area contributed by atoms with Gasteiger partial charge in [0.15, 0.2) is 5.13 Å². The Hall–Kier alpha value is -0.650. The Balaban J connectivity index is 1.94. The summed E-state index contributed by atoms with van der Waals surface area (Å²) in [4.78, 5) is 7.12. The van der Waals surface area contributed by atoms with E-state index >= 15 is 0 Å². The lowest BCUT2D eigenvalue weighted by molar-refractivity contribution is 0.0819. The summed E-state index contributed by atoms with van der Waals surface area (Å²) in [7, 11) is 1.81. The Morgan fingerprint density at radius 2 is 2.28 bits per heavy atom. The topological polar surface area (TPSA) is 37.4 Å². The Labute approximate surface area is 113 Å². The molecule has 1 atom stereocenters. The number of nitrogens with zero attached hydrogens (tertiary/aromatic N) is 2. The van der Waals surface area contributed by atoms with Crippen molar-refractivity contribution in [1.29, 1.82) is 0 Å². The molecular formula is C13H23N3OS. The average molecular weight is 269 g/mol. The van der Waals surface area contributed by atoms with Crippen molar-refractivity contribution in [2.45, 2.75) is 38.8 Å². The molecule has 0 amide bonds. The summed E-state index contributed by atoms with van der Waals surface area (Å²) in [5.41, 5.74) is 1.16. The molecule has 0 bridgehead atoms. The maximum Gasteiger partial charge on any atom is 0.185 e. The van der Waals surface area contributed by atoms with Crippen LogP contribution in [0.1, 0.15) is 38.4 Å². The lowest BCUT2D eigenvalue weighted by Crippen LogP contribution is -2.36. The number of aromatic nitrogens is 1. The van der Waals surface area contributed by atoms with Gasteiger partial charge in [-0.05, 0) is 26.3 Å². The van der Waals surface area contributed by atoms with Crippen LogP contribution >= 0.6 is 11.3 Å². The fraction of sp³-hybridized carbons (Fsp3) is 0.769. The van der Waals surface area contributed by atoms with Gasteiger partial charge in [0.25, 0.3) is 0 Å². The molecule has 18 heavy (non-hydrogen) atoms. The second-order valence-electron chi connectivity index (χ2n) is 4.76. The van der Waals surface area contributed by atoms with Crippen molar-refractivity contribution >= 4 is 16.5 Å². The van der Waals surface area contributed by atoms with E-state index < -0.39 is 0 Å². The van der Waals surface area contributed by atoms with Gasteiger partial charge in [-0.2, -0.15) is 0 Å². The lowest BCUT2D eigenvalue weighted by Gasteiger charge is -2.30. The zero-order valence-corrected chi connectivity index (χ0v) is 12.3. The quantitative estimate of drug-likeness (QED) is 0.891. The van der Waals surface area contributed by atoms with Crippen molar-refractivity contribution in [2.75, 3.05) is 31.6 Å². The fourth-order valence-electron chi connectivity index (χ4n) is 2.31. The summed E-state index contributed by atoms with van der Waals surface area (Å²) in [6.45, 7) is 7.38. The Morgan fingerprint density at radius 1 is 1.56 bits per heavy atom. The molecule has 102 valence electrons. The van der Waals surface area contributed by atoms with E-state index in [1.165, 1.54) is 0 Å². The summed E-state index contributed by atoms with van der Waals surface area (Å²) in [5, 5.41) is 6.73. The highest BCUT2D eigenvalue weighted by Crippen LogP contribution is 2.27. The second-order valence-corrected chi connectivity index (χ2v) is 5.59. The van der Waals surface area contributed by atoms with Crippen molar-refractivity contribution in [3.8, 4) is 0 Å². The molecule has 1 fully saturated rings. The maximum atomic E-state index is 5.40. The first-order chi connectivity index (χ1) is 8.74. The van der Waals surface area contributed by atoms with Gasteiger partial charge in [0, 0.05) is 31.6 Å². The third-order valence-electron chi connectivity index (χ3n) is 3.51. The maximum absolute atomic E-state index is 5.40. The molecule has 2 heterocycles. The first-order valence-corrected chi connectivity index (χ1v) is 7.59. The molecule has 1 aliphatic heterocycles. The molecule has 2 rings (SSSR count). The van der Waals surface area contributed by atoms with Crippen molar-refractivity contribution in [1.82, 2.24) is 10.3 Å². The van der Waals surface area contributed by atoms with Crippen LogP contribution in [0.15, 0.2) is 5.38 Å². The van der Waals surface area contributed by atoms with Gasteiger partial charge in [0.1, 0.15) is 0 Å². The summed E-state index contributed by atoms with van der Waals surface area (Å²) >= 11 is 1.75. The number of rotatable bonds is 5. The van der Waals surface area contributed by atoms with E-state index in [2.05, 4.69) is 29.4 Å². The average Bonchev–Trinajstić information content (AvgIpc) is 2.89. The van der Waals surface area contributed by atoms with Crippen LogP contribution < -0.4 is 10.2 Å². The van der Waals surface area contributed by atoms with Crippen molar-refractivity contribution in [3.05, 3.63) is 11.1 Å². The highest BCUT2D eigenvalue weighted by Gasteiger charge is 2.21. The molecule has 0 radical (unpaired) electrons. The number of hydrogen-bond donors (Lipinski definition) is 1. The van der Waals surface area contributed by atoms with E-state index in [9.17, 15) is 0 Å². The minimum Gasteiger partial charge on any atom is -0.381 e. The third kappa shape index (κ3) is 3.22. The molecule has 1 aromatic heterocycles. The minimum absolute atomic E-state index is 0.344. The van der Waals surface area contributed by atoms with Crippen LogP contribution in [0.4, 0.5) is 5.13 Å². The predicted molar refractivity (Wildman–Crippen MR) is 76.4 cm³/mol. The summed E-state index contributed by atoms with van der Waals surface area (Å²) in [6.07, 6.45) is 2.64. The predicted octanol–water partition coefficient (Wildman–Crippen LogP) is 2.43. The molecule has 0 spiro atoms. The molecule has 5 heteroatoms. The first-order valence-electron chi connectivity index (χ1n) is 6.71. The Kier molecular flexibility index (Phi) is 4.97. The van der Waals surface area contributed by atoms with E-state index in [1.807, 2.05) is 0 Å². The standard InChI is InChI=1S/C13H23N3OS/c1-4-14-10(2)12-9-18-13(15-12)16-7-5-11(17-3)6-8-16/h9-11,14H,4-8H2,1-3H3. The number of methoxy groups -OCH3 is 1. The van der Waals surface area contributed by atoms with Crippen molar-refractivity contribution < 1.29 is 4.74 Å². The molecule has 1 aromatic rings. The van der Waals surface area contributed by atoms with Gasteiger partial charge in [-0.1, -0.05) is 6.92 Å². The molecule has 4 nitrogen and oxygen atoms in total. The van der Waals surface area contributed by atoms with Gasteiger partial charge < -0.3 is 15.0 Å². The van der Waals surface area contributed by atoms with Crippen LogP contribution in [0.5, 0.6) is 0 Å². The van der Waals surface area contributed by atoms with Crippen LogP contribution in [0.2, 0.25) is 0 Å². The highest BCUT2D eigenvalue weighted by molar-refractivity contribution is 7.13. The van der Waals surface area contributed by atoms with E-state index in [0.717, 1.165) is 43.3 Å². The number of nitrogens with one attached hydrogen (secondary N) is 1. The smallest absolute Gasteiger partial charge is 0.185 e. The van der Waals surface area contributed by atoms with Crippen LogP contribution in [-0.2, 0) is 4.74 Å². The molecule has 1 saturated heterocycles. The van der Waals surface area contributed by atoms with Crippen LogP contribution in [0.25, 0.3) is 0 Å². The number of hydrogen-bond acceptors (Lipinski definition) is 5. The van der Waals surface area contributed by atoms with Gasteiger partial charge in [-0.15, -0.1) is 11.3 Å². The zero-order chi connectivity index (χ0) is 13.0. The normalized spacial score (nSPS) is 19.2. The summed E-state index contributed by atoms with van der Waals surface area (Å²) in [5.74, 6) is 0. The van der Waals surface area contributed by atoms with E-state index in [0.29, 0.717) is 12.1 Å². The van der Waals surface area contributed by atoms with Gasteiger partial charge >= 0.3 is 0 Å². The number of anilines is 1. The van der Waals surface area contributed by atoms with Crippen LogP contribution in [0.3, 0.4) is 0 Å². The molecule has 1 aliphatic rings. The monoisotopic (exact) mass is 269 g/mol. The summed E-state index contributed by atoms with van der Waals surface area (Å²) < 4.78 is 5.40. The van der Waals surface area contributed by atoms with Crippen molar-refractivity contribution in [3.63, 3.8) is 0 Å². The Bertz CT molecular complexity index is 361. The largest absolute Gasteiger partial charge is 0.381 e. The third-order valence-corrected chi connectivity index (χ3v) is 4.43. The molecule has 1 N–H and O–H groups in total. The Morgan fingerprint density at radius 3 is 2.89 bits per heavy atom. The van der Waals surface area contributed by atoms with Crippen LogP contribution in [0, 0.1) is 0 Å². The second kappa shape index (κ2) is 6.50. The zero-order valence-electron chi connectivity index (χ0n) is 11.5. The van der Waals surface area contributed by atoms with Gasteiger partial charge in [0.05, 0.1) is 11.8 Å². The molecule has 1 unspecified atom stereocenters. The van der Waals surface area contributed by atoms with Crippen molar-refractivity contribution in [2.24, 2.45) is 0 Å². The number of ether oxygens (including phenoxy) is 1. The fourth-order valence-corrected chi connectivity index (χ4v) is 3.29. The number of thiazole rings is 1. The molecule has 0 aliphatic carbocycles. The molecule has 0 aromatic carbocycles. The van der Waals surface area contributed by atoms with Gasteiger partial charge in [0.2, 0.25) is 0 Å². The molecule has 0 saturated carbocycles. The van der Waals surface area contributed by atoms with E-state index in [-0.39, 0.29) is 0 Å². The summed E-state index contributed by atoms with van der Waals surface area (Å²) in [6, 6.07) is 0.344. The lowest BCUT2D eigenvalue weighted by atomic mass is 10.1. The van der Waals surface area contributed by atoms with Crippen LogP contribution in [-0.4, -0.2) is 37.8 Å². The SMILES string of the molecule is CCNC(C)c1csc(N2CCC(OC)CC2)n1. The van der Waals surface area contributed by atoms with E-state index in [4.69, 9.17) is 9.72 Å². The van der Waals surface area contributed by atoms with E-state index in [1.54, 1.807) is 18.4 Å². The van der Waals surface area contributed by atoms with Gasteiger partial charge in [-0.25, -0.2) is 4.98 Å². The molecular weight excluding hydrogens is 246 g/mol. The minimum atomic E-state index is 0.344. The van der Waals surface area contributed by atoms with Gasteiger partial charge in [-0.3, -0.25) is 0 Å².